The van der Waals surface area contributed by atoms with Crippen molar-refractivity contribution in [2.75, 3.05) is 5.75 Å². The Hall–Kier alpha value is -2.95. The molecular formula is C19H11N3O2S2. The normalized spacial score (nSPS) is 11.7. The number of thiophene rings is 1. The Morgan fingerprint density at radius 3 is 2.62 bits per heavy atom. The van der Waals surface area contributed by atoms with Crippen molar-refractivity contribution in [1.29, 1.82) is 5.26 Å². The number of amides is 1. The number of nitrogens with two attached hydrogens (primary N) is 1. The predicted octanol–water partition coefficient (Wildman–Crippen LogP) is 3.47. The molecule has 2 N–H and O–H groups in total. The Kier molecular flexibility index (Phi) is 4.07. The first-order chi connectivity index (χ1) is 12.6. The third kappa shape index (κ3) is 2.51. The highest BCUT2D eigenvalue weighted by atomic mass is 32.2. The fraction of sp³-hybridized carbons (Fsp3) is 0.0526. The maximum atomic E-state index is 13.0. The molecule has 2 aromatic heterocycles. The number of carbonyl (C=O) groups excluding carboxylic acids is 2. The fourth-order valence-electron chi connectivity index (χ4n) is 3.02. The number of aromatic nitrogens is 1. The van der Waals surface area contributed by atoms with Crippen LogP contribution in [0.5, 0.6) is 0 Å². The van der Waals surface area contributed by atoms with Crippen LogP contribution in [0.1, 0.15) is 21.5 Å². The van der Waals surface area contributed by atoms with Crippen molar-refractivity contribution in [2.45, 2.75) is 5.03 Å². The van der Waals surface area contributed by atoms with Gasteiger partial charge in [0.25, 0.3) is 0 Å². The molecule has 0 aliphatic heterocycles. The van der Waals surface area contributed by atoms with Crippen molar-refractivity contribution in [1.82, 2.24) is 4.98 Å². The second-order valence-corrected chi connectivity index (χ2v) is 7.52. The smallest absolute Gasteiger partial charge is 0.227 e. The molecule has 0 atom stereocenters. The Morgan fingerprint density at radius 1 is 1.19 bits per heavy atom. The molecule has 3 aromatic rings. The summed E-state index contributed by atoms with van der Waals surface area (Å²) in [6.45, 7) is 0. The number of fused-ring (bicyclic) bond motifs is 3. The number of primary amides is 1. The zero-order chi connectivity index (χ0) is 18.3. The largest absolute Gasteiger partial charge is 0.369 e. The van der Waals surface area contributed by atoms with Crippen LogP contribution in [0.3, 0.4) is 0 Å². The number of nitriles is 1. The summed E-state index contributed by atoms with van der Waals surface area (Å²) in [5.74, 6) is -0.607. The van der Waals surface area contributed by atoms with Gasteiger partial charge >= 0.3 is 0 Å². The van der Waals surface area contributed by atoms with Gasteiger partial charge in [-0.3, -0.25) is 9.59 Å². The summed E-state index contributed by atoms with van der Waals surface area (Å²) in [6.07, 6.45) is 0. The topological polar surface area (TPSA) is 96.8 Å². The van der Waals surface area contributed by atoms with Gasteiger partial charge in [0.2, 0.25) is 5.91 Å². The number of ketones is 1. The van der Waals surface area contributed by atoms with Crippen molar-refractivity contribution >= 4 is 34.8 Å². The second kappa shape index (κ2) is 6.41. The molecule has 4 rings (SSSR count). The predicted molar refractivity (Wildman–Crippen MR) is 101 cm³/mol. The van der Waals surface area contributed by atoms with Gasteiger partial charge in [-0.1, -0.05) is 42.1 Å². The standard InChI is InChI=1S/C19H11N3O2S2/c20-8-12-15(13-6-3-7-25-13)16-17(22-19(12)26-9-14(21)23)10-4-1-2-5-11(10)18(16)24/h1-7H,9H2,(H2,21,23). The molecular weight excluding hydrogens is 366 g/mol. The summed E-state index contributed by atoms with van der Waals surface area (Å²) < 4.78 is 0. The summed E-state index contributed by atoms with van der Waals surface area (Å²) in [7, 11) is 0. The van der Waals surface area contributed by atoms with Crippen LogP contribution in [0.25, 0.3) is 21.7 Å². The van der Waals surface area contributed by atoms with Gasteiger partial charge in [0, 0.05) is 21.6 Å². The van der Waals surface area contributed by atoms with E-state index in [1.165, 1.54) is 11.3 Å². The third-order valence-electron chi connectivity index (χ3n) is 4.05. The molecule has 1 aliphatic rings. The van der Waals surface area contributed by atoms with Gasteiger partial charge < -0.3 is 5.73 Å². The van der Waals surface area contributed by atoms with Gasteiger partial charge in [-0.15, -0.1) is 11.3 Å². The van der Waals surface area contributed by atoms with E-state index in [1.807, 2.05) is 29.6 Å². The maximum absolute atomic E-state index is 13.0. The molecule has 0 saturated heterocycles. The summed E-state index contributed by atoms with van der Waals surface area (Å²) >= 11 is 2.57. The van der Waals surface area contributed by atoms with Crippen molar-refractivity contribution in [2.24, 2.45) is 5.73 Å². The lowest BCUT2D eigenvalue weighted by atomic mass is 9.99. The highest BCUT2D eigenvalue weighted by Gasteiger charge is 2.34. The molecule has 0 radical (unpaired) electrons. The van der Waals surface area contributed by atoms with E-state index >= 15 is 0 Å². The minimum Gasteiger partial charge on any atom is -0.369 e. The summed E-state index contributed by atoms with van der Waals surface area (Å²) in [4.78, 5) is 29.6. The number of hydrogen-bond acceptors (Lipinski definition) is 6. The van der Waals surface area contributed by atoms with Crippen LogP contribution >= 0.6 is 23.1 Å². The number of pyridine rings is 1. The molecule has 1 amide bonds. The Morgan fingerprint density at radius 2 is 1.96 bits per heavy atom. The van der Waals surface area contributed by atoms with E-state index in [4.69, 9.17) is 5.73 Å². The summed E-state index contributed by atoms with van der Waals surface area (Å²) in [6, 6.07) is 13.2. The molecule has 126 valence electrons. The maximum Gasteiger partial charge on any atom is 0.227 e. The highest BCUT2D eigenvalue weighted by Crippen LogP contribution is 2.45. The van der Waals surface area contributed by atoms with E-state index in [2.05, 4.69) is 11.1 Å². The first kappa shape index (κ1) is 16.5. The van der Waals surface area contributed by atoms with Crippen LogP contribution in [0.4, 0.5) is 0 Å². The number of thioether (sulfide) groups is 1. The molecule has 7 heteroatoms. The average Bonchev–Trinajstić information content (AvgIpc) is 3.27. The van der Waals surface area contributed by atoms with E-state index in [-0.39, 0.29) is 11.5 Å². The van der Waals surface area contributed by atoms with Crippen molar-refractivity contribution in [3.8, 4) is 27.8 Å². The summed E-state index contributed by atoms with van der Waals surface area (Å²) in [5.41, 5.74) is 8.47. The number of benzene rings is 1. The number of nitrogens with zero attached hydrogens (tertiary/aromatic N) is 2. The Balaban J connectivity index is 2.05. The molecule has 26 heavy (non-hydrogen) atoms. The van der Waals surface area contributed by atoms with Gasteiger partial charge in [-0.25, -0.2) is 4.98 Å². The van der Waals surface area contributed by atoms with Crippen LogP contribution in [0.15, 0.2) is 46.8 Å². The van der Waals surface area contributed by atoms with E-state index in [0.717, 1.165) is 22.2 Å². The van der Waals surface area contributed by atoms with Gasteiger partial charge in [0.05, 0.1) is 22.6 Å². The Labute approximate surface area is 157 Å². The van der Waals surface area contributed by atoms with Crippen LogP contribution in [0.2, 0.25) is 0 Å². The highest BCUT2D eigenvalue weighted by molar-refractivity contribution is 8.00. The zero-order valence-corrected chi connectivity index (χ0v) is 15.0. The molecule has 0 unspecified atom stereocenters. The van der Waals surface area contributed by atoms with Crippen molar-refractivity contribution in [3.63, 3.8) is 0 Å². The molecule has 1 aliphatic carbocycles. The molecule has 1 aromatic carbocycles. The molecule has 0 fully saturated rings. The van der Waals surface area contributed by atoms with Crippen LogP contribution < -0.4 is 5.73 Å². The number of hydrogen-bond donors (Lipinski definition) is 1. The van der Waals surface area contributed by atoms with Gasteiger partial charge in [-0.05, 0) is 11.4 Å². The van der Waals surface area contributed by atoms with E-state index < -0.39 is 5.91 Å². The second-order valence-electron chi connectivity index (χ2n) is 5.61. The zero-order valence-electron chi connectivity index (χ0n) is 13.4. The van der Waals surface area contributed by atoms with E-state index in [0.29, 0.717) is 33.0 Å². The SMILES string of the molecule is N#Cc1c(SCC(N)=O)nc2c(c1-c1cccs1)C(=O)c1ccccc1-2. The number of carbonyl (C=O) groups is 2. The Bertz CT molecular complexity index is 1100. The molecule has 0 spiro atoms. The van der Waals surface area contributed by atoms with Crippen LogP contribution in [-0.2, 0) is 4.79 Å². The van der Waals surface area contributed by atoms with Gasteiger partial charge in [0.15, 0.2) is 5.78 Å². The van der Waals surface area contributed by atoms with Crippen molar-refractivity contribution in [3.05, 3.63) is 58.5 Å². The van der Waals surface area contributed by atoms with E-state index in [9.17, 15) is 14.9 Å². The first-order valence-corrected chi connectivity index (χ1v) is 9.55. The quantitative estimate of drug-likeness (QED) is 0.549. The minimum absolute atomic E-state index is 0.0138. The minimum atomic E-state index is -0.490. The third-order valence-corrected chi connectivity index (χ3v) is 5.93. The van der Waals surface area contributed by atoms with Crippen LogP contribution in [0, 0.1) is 11.3 Å². The average molecular weight is 377 g/mol. The van der Waals surface area contributed by atoms with Crippen molar-refractivity contribution < 1.29 is 9.59 Å². The molecule has 2 heterocycles. The molecule has 5 nitrogen and oxygen atoms in total. The van der Waals surface area contributed by atoms with E-state index in [1.54, 1.807) is 12.1 Å². The monoisotopic (exact) mass is 377 g/mol. The van der Waals surface area contributed by atoms with Gasteiger partial charge in [0.1, 0.15) is 11.1 Å². The lowest BCUT2D eigenvalue weighted by molar-refractivity contribution is -0.115. The molecule has 0 bridgehead atoms. The molecule has 0 saturated carbocycles. The van der Waals surface area contributed by atoms with Crippen LogP contribution in [-0.4, -0.2) is 22.4 Å². The first-order valence-electron chi connectivity index (χ1n) is 7.69. The lowest BCUT2D eigenvalue weighted by Crippen LogP contribution is -2.13. The number of rotatable bonds is 4. The summed E-state index contributed by atoms with van der Waals surface area (Å²) in [5, 5.41) is 12.1. The fourth-order valence-corrected chi connectivity index (χ4v) is 4.53. The lowest BCUT2D eigenvalue weighted by Gasteiger charge is -2.12. The van der Waals surface area contributed by atoms with Gasteiger partial charge in [-0.2, -0.15) is 5.26 Å².